The van der Waals surface area contributed by atoms with Crippen molar-refractivity contribution in [1.29, 1.82) is 0 Å². The molecule has 164 valence electrons. The third kappa shape index (κ3) is 5.67. The monoisotopic (exact) mass is 424 g/mol. The van der Waals surface area contributed by atoms with Crippen molar-refractivity contribution in [2.24, 2.45) is 4.99 Å². The fraction of sp³-hybridized carbons (Fsp3) is 0.391. The number of aliphatic imine (C=N–C) groups is 1. The van der Waals surface area contributed by atoms with Crippen molar-refractivity contribution in [1.82, 2.24) is 10.6 Å². The Hall–Kier alpha value is -3.26. The molecule has 0 saturated carbocycles. The van der Waals surface area contributed by atoms with E-state index in [2.05, 4.69) is 20.9 Å². The van der Waals surface area contributed by atoms with Crippen molar-refractivity contribution < 1.29 is 19.0 Å². The minimum absolute atomic E-state index is 0.0800. The minimum atomic E-state index is -0.338. The molecule has 0 aliphatic carbocycles. The molecule has 0 bridgehead atoms. The number of ether oxygens (including phenoxy) is 3. The van der Waals surface area contributed by atoms with Gasteiger partial charge < -0.3 is 30.2 Å². The van der Waals surface area contributed by atoms with E-state index < -0.39 is 0 Å². The smallest absolute Gasteiger partial charge is 0.253 e. The quantitative estimate of drug-likeness (QED) is 0.467. The predicted molar refractivity (Wildman–Crippen MR) is 119 cm³/mol. The molecule has 4 rings (SSSR count). The van der Waals surface area contributed by atoms with Gasteiger partial charge in [0.15, 0.2) is 17.5 Å². The summed E-state index contributed by atoms with van der Waals surface area (Å²) in [6.45, 7) is 2.26. The summed E-state index contributed by atoms with van der Waals surface area (Å²) in [5, 5.41) is 9.57. The molecule has 8 nitrogen and oxygen atoms in total. The lowest BCUT2D eigenvalue weighted by atomic mass is 10.1. The zero-order valence-electron chi connectivity index (χ0n) is 17.6. The Labute approximate surface area is 182 Å². The molecule has 3 N–H and O–H groups in total. The van der Waals surface area contributed by atoms with E-state index in [9.17, 15) is 4.79 Å². The molecule has 2 aromatic carbocycles. The Morgan fingerprint density at radius 1 is 1.10 bits per heavy atom. The summed E-state index contributed by atoms with van der Waals surface area (Å²) in [6, 6.07) is 13.8. The van der Waals surface area contributed by atoms with Crippen LogP contribution >= 0.6 is 0 Å². The normalized spacial score (nSPS) is 17.5. The van der Waals surface area contributed by atoms with Crippen LogP contribution in [0.25, 0.3) is 0 Å². The second-order valence-electron chi connectivity index (χ2n) is 7.48. The molecule has 1 amide bonds. The lowest BCUT2D eigenvalue weighted by Crippen LogP contribution is -2.37. The van der Waals surface area contributed by atoms with Gasteiger partial charge >= 0.3 is 0 Å². The number of nitrogens with one attached hydrogen (secondary N) is 3. The zero-order valence-corrected chi connectivity index (χ0v) is 17.6. The summed E-state index contributed by atoms with van der Waals surface area (Å²) in [7, 11) is 1.74. The fourth-order valence-electron chi connectivity index (χ4n) is 3.59. The molecule has 2 aliphatic rings. The number of anilines is 1. The van der Waals surface area contributed by atoms with Gasteiger partial charge in [-0.15, -0.1) is 0 Å². The fourth-order valence-corrected chi connectivity index (χ4v) is 3.59. The SMILES string of the molecule is CN=C(NCCc1ccc2c(c1)OCO2)NCc1cccc(NC(=O)C2CCCO2)c1. The third-order valence-electron chi connectivity index (χ3n) is 5.24. The first-order valence-electron chi connectivity index (χ1n) is 10.6. The Balaban J connectivity index is 1.23. The van der Waals surface area contributed by atoms with Crippen LogP contribution in [0.15, 0.2) is 47.5 Å². The summed E-state index contributed by atoms with van der Waals surface area (Å²) < 4.78 is 16.2. The Kier molecular flexibility index (Phi) is 6.89. The number of nitrogens with zero attached hydrogens (tertiary/aromatic N) is 1. The van der Waals surface area contributed by atoms with Crippen molar-refractivity contribution in [3.63, 3.8) is 0 Å². The first kappa shape index (κ1) is 21.0. The van der Waals surface area contributed by atoms with E-state index >= 15 is 0 Å². The average Bonchev–Trinajstić information content (AvgIpc) is 3.48. The number of guanidine groups is 1. The number of carbonyl (C=O) groups is 1. The van der Waals surface area contributed by atoms with Gasteiger partial charge in [-0.05, 0) is 54.7 Å². The van der Waals surface area contributed by atoms with Crippen LogP contribution in [0, 0.1) is 0 Å². The molecule has 2 aromatic rings. The summed E-state index contributed by atoms with van der Waals surface area (Å²) in [6.07, 6.45) is 2.21. The van der Waals surface area contributed by atoms with Gasteiger partial charge in [0, 0.05) is 32.4 Å². The van der Waals surface area contributed by atoms with E-state index in [0.29, 0.717) is 13.2 Å². The van der Waals surface area contributed by atoms with Crippen LogP contribution in [0.4, 0.5) is 5.69 Å². The molecule has 2 heterocycles. The second-order valence-corrected chi connectivity index (χ2v) is 7.48. The van der Waals surface area contributed by atoms with Gasteiger partial charge in [-0.25, -0.2) is 0 Å². The van der Waals surface area contributed by atoms with Crippen molar-refractivity contribution in [2.75, 3.05) is 32.3 Å². The molecular formula is C23H28N4O4. The van der Waals surface area contributed by atoms with Crippen LogP contribution in [0.5, 0.6) is 11.5 Å². The maximum Gasteiger partial charge on any atom is 0.253 e. The van der Waals surface area contributed by atoms with Crippen LogP contribution in [-0.2, 0) is 22.5 Å². The van der Waals surface area contributed by atoms with Crippen molar-refractivity contribution in [3.8, 4) is 11.5 Å². The molecule has 1 atom stereocenters. The predicted octanol–water partition coefficient (Wildman–Crippen LogP) is 2.44. The van der Waals surface area contributed by atoms with Crippen molar-refractivity contribution >= 4 is 17.6 Å². The Morgan fingerprint density at radius 3 is 2.84 bits per heavy atom. The highest BCUT2D eigenvalue weighted by atomic mass is 16.7. The largest absolute Gasteiger partial charge is 0.454 e. The first-order valence-corrected chi connectivity index (χ1v) is 10.6. The van der Waals surface area contributed by atoms with E-state index in [1.54, 1.807) is 7.05 Å². The molecule has 0 aromatic heterocycles. The highest BCUT2D eigenvalue weighted by molar-refractivity contribution is 5.94. The third-order valence-corrected chi connectivity index (χ3v) is 5.24. The van der Waals surface area contributed by atoms with Crippen molar-refractivity contribution in [2.45, 2.75) is 31.9 Å². The van der Waals surface area contributed by atoms with E-state index in [0.717, 1.165) is 54.5 Å². The van der Waals surface area contributed by atoms with Gasteiger partial charge in [-0.1, -0.05) is 18.2 Å². The number of amides is 1. The van der Waals surface area contributed by atoms with Crippen LogP contribution in [0.2, 0.25) is 0 Å². The number of hydrogen-bond donors (Lipinski definition) is 3. The molecule has 1 saturated heterocycles. The molecule has 0 spiro atoms. The van der Waals surface area contributed by atoms with E-state index in [4.69, 9.17) is 14.2 Å². The standard InChI is InChI=1S/C23H28N4O4/c1-24-23(25-10-9-16-7-8-19-21(13-16)31-15-30-19)26-14-17-4-2-5-18(12-17)27-22(28)20-6-3-11-29-20/h2,4-5,7-8,12-13,20H,3,6,9-11,14-15H2,1H3,(H,27,28)(H2,24,25,26). The van der Waals surface area contributed by atoms with Crippen LogP contribution < -0.4 is 25.4 Å². The van der Waals surface area contributed by atoms with Gasteiger partial charge in [0.25, 0.3) is 5.91 Å². The van der Waals surface area contributed by atoms with Gasteiger partial charge in [-0.3, -0.25) is 9.79 Å². The van der Waals surface area contributed by atoms with Crippen LogP contribution in [0.3, 0.4) is 0 Å². The molecule has 0 radical (unpaired) electrons. The number of fused-ring (bicyclic) bond motifs is 1. The highest BCUT2D eigenvalue weighted by Gasteiger charge is 2.23. The van der Waals surface area contributed by atoms with E-state index in [-0.39, 0.29) is 18.8 Å². The maximum absolute atomic E-state index is 12.2. The second kappa shape index (κ2) is 10.2. The summed E-state index contributed by atoms with van der Waals surface area (Å²) in [5.41, 5.74) is 2.98. The highest BCUT2D eigenvalue weighted by Crippen LogP contribution is 2.32. The lowest BCUT2D eigenvalue weighted by Gasteiger charge is -2.14. The minimum Gasteiger partial charge on any atom is -0.454 e. The summed E-state index contributed by atoms with van der Waals surface area (Å²) >= 11 is 0. The average molecular weight is 425 g/mol. The Morgan fingerprint density at radius 2 is 2.00 bits per heavy atom. The number of carbonyl (C=O) groups excluding carboxylic acids is 1. The number of hydrogen-bond acceptors (Lipinski definition) is 5. The van der Waals surface area contributed by atoms with Gasteiger partial charge in [0.2, 0.25) is 6.79 Å². The number of benzene rings is 2. The molecule has 2 aliphatic heterocycles. The molecule has 8 heteroatoms. The van der Waals surface area contributed by atoms with Gasteiger partial charge in [0.05, 0.1) is 0 Å². The topological polar surface area (TPSA) is 93.2 Å². The Bertz CT molecular complexity index is 941. The van der Waals surface area contributed by atoms with E-state index in [1.807, 2.05) is 42.5 Å². The molecule has 1 fully saturated rings. The molecular weight excluding hydrogens is 396 g/mol. The molecule has 1 unspecified atom stereocenters. The van der Waals surface area contributed by atoms with Crippen molar-refractivity contribution in [3.05, 3.63) is 53.6 Å². The molecule has 31 heavy (non-hydrogen) atoms. The zero-order chi connectivity index (χ0) is 21.5. The first-order chi connectivity index (χ1) is 15.2. The van der Waals surface area contributed by atoms with Crippen LogP contribution in [0.1, 0.15) is 24.0 Å². The van der Waals surface area contributed by atoms with Crippen LogP contribution in [-0.4, -0.2) is 45.0 Å². The van der Waals surface area contributed by atoms with E-state index in [1.165, 1.54) is 5.56 Å². The maximum atomic E-state index is 12.2. The van der Waals surface area contributed by atoms with Gasteiger partial charge in [-0.2, -0.15) is 0 Å². The van der Waals surface area contributed by atoms with Gasteiger partial charge in [0.1, 0.15) is 6.10 Å². The summed E-state index contributed by atoms with van der Waals surface area (Å²) in [5.74, 6) is 2.23. The lowest BCUT2D eigenvalue weighted by molar-refractivity contribution is -0.124. The number of rotatable bonds is 7. The summed E-state index contributed by atoms with van der Waals surface area (Å²) in [4.78, 5) is 16.5.